The number of nitrogens with one attached hydrogen (secondary N) is 2. The monoisotopic (exact) mass is 392 g/mol. The van der Waals surface area contributed by atoms with Crippen molar-refractivity contribution < 1.29 is 14.4 Å². The Hall–Kier alpha value is -1.15. The molecule has 1 aliphatic rings. The maximum Gasteiger partial charge on any atom is 0.253 e. The van der Waals surface area contributed by atoms with E-state index in [9.17, 15) is 14.4 Å². The molecule has 1 unspecified atom stereocenters. The normalized spacial score (nSPS) is 18.9. The van der Waals surface area contributed by atoms with Gasteiger partial charge in [0, 0.05) is 15.0 Å². The van der Waals surface area contributed by atoms with Crippen LogP contribution in [0.3, 0.4) is 0 Å². The summed E-state index contributed by atoms with van der Waals surface area (Å²) >= 11 is 7.87. The van der Waals surface area contributed by atoms with E-state index in [2.05, 4.69) is 10.6 Å². The highest BCUT2D eigenvalue weighted by Crippen LogP contribution is 2.18. The molecule has 0 spiro atoms. The molecule has 1 aliphatic heterocycles. The van der Waals surface area contributed by atoms with Crippen LogP contribution in [0.2, 0.25) is 5.02 Å². The van der Waals surface area contributed by atoms with Crippen molar-refractivity contribution in [1.82, 2.24) is 10.6 Å². The number of hydrogen-bond donors (Lipinski definition) is 2. The van der Waals surface area contributed by atoms with Gasteiger partial charge in [-0.3, -0.25) is 19.7 Å². The van der Waals surface area contributed by atoms with Crippen molar-refractivity contribution in [2.24, 2.45) is 0 Å². The lowest BCUT2D eigenvalue weighted by Crippen LogP contribution is -2.52. The Morgan fingerprint density at radius 1 is 1.42 bits per heavy atom. The minimum absolute atomic E-state index is 0.226. The van der Waals surface area contributed by atoms with Gasteiger partial charge in [-0.15, -0.1) is 0 Å². The Kier molecular flexibility index (Phi) is 4.41. The second kappa shape index (κ2) is 5.87. The quantitative estimate of drug-likeness (QED) is 0.591. The summed E-state index contributed by atoms with van der Waals surface area (Å²) < 4.78 is 0.742. The number of halogens is 2. The number of benzene rings is 1. The van der Waals surface area contributed by atoms with Crippen LogP contribution in [0.4, 0.5) is 0 Å². The van der Waals surface area contributed by atoms with Gasteiger partial charge in [-0.25, -0.2) is 0 Å². The molecule has 1 aromatic carbocycles. The highest BCUT2D eigenvalue weighted by molar-refractivity contribution is 14.1. The Balaban J connectivity index is 2.11. The molecule has 3 amide bonds. The summed E-state index contributed by atoms with van der Waals surface area (Å²) in [5, 5.41) is 5.25. The van der Waals surface area contributed by atoms with Gasteiger partial charge in [0.05, 0.1) is 5.56 Å². The topological polar surface area (TPSA) is 75.3 Å². The fourth-order valence-corrected chi connectivity index (χ4v) is 2.49. The molecule has 19 heavy (non-hydrogen) atoms. The Morgan fingerprint density at radius 2 is 2.16 bits per heavy atom. The van der Waals surface area contributed by atoms with E-state index in [1.54, 1.807) is 18.2 Å². The Labute approximate surface area is 128 Å². The van der Waals surface area contributed by atoms with Crippen molar-refractivity contribution in [3.8, 4) is 0 Å². The number of imide groups is 1. The minimum atomic E-state index is -0.681. The van der Waals surface area contributed by atoms with Gasteiger partial charge in [-0.1, -0.05) is 11.6 Å². The lowest BCUT2D eigenvalue weighted by atomic mass is 10.1. The van der Waals surface area contributed by atoms with E-state index in [1.807, 2.05) is 22.6 Å². The standard InChI is InChI=1S/C12H10ClIN2O3/c13-6-1-2-8(14)7(5-6)11(18)15-9-3-4-10(17)16-12(9)19/h1-2,5,9H,3-4H2,(H,15,18)(H,16,17,19). The fourth-order valence-electron chi connectivity index (χ4n) is 1.74. The molecular weight excluding hydrogens is 382 g/mol. The van der Waals surface area contributed by atoms with Crippen LogP contribution >= 0.6 is 34.2 Å². The SMILES string of the molecule is O=C1CCC(NC(=O)c2cc(Cl)ccc2I)C(=O)N1. The van der Waals surface area contributed by atoms with Crippen molar-refractivity contribution >= 4 is 51.9 Å². The lowest BCUT2D eigenvalue weighted by molar-refractivity contribution is -0.134. The Bertz CT molecular complexity index is 562. The highest BCUT2D eigenvalue weighted by Gasteiger charge is 2.28. The van der Waals surface area contributed by atoms with Crippen molar-refractivity contribution in [2.75, 3.05) is 0 Å². The predicted octanol–water partition coefficient (Wildman–Crippen LogP) is 1.48. The van der Waals surface area contributed by atoms with Gasteiger partial charge in [-0.05, 0) is 47.2 Å². The average Bonchev–Trinajstić information content (AvgIpc) is 2.35. The van der Waals surface area contributed by atoms with Gasteiger partial charge in [-0.2, -0.15) is 0 Å². The third-order valence-electron chi connectivity index (χ3n) is 2.72. The number of carbonyl (C=O) groups is 3. The molecule has 0 radical (unpaired) electrons. The summed E-state index contributed by atoms with van der Waals surface area (Å²) in [5.74, 6) is -1.16. The van der Waals surface area contributed by atoms with Crippen LogP contribution in [0.15, 0.2) is 18.2 Å². The van der Waals surface area contributed by atoms with Crippen LogP contribution in [-0.4, -0.2) is 23.8 Å². The molecule has 7 heteroatoms. The van der Waals surface area contributed by atoms with E-state index in [0.717, 1.165) is 3.57 Å². The molecule has 5 nitrogen and oxygen atoms in total. The molecule has 1 aromatic rings. The summed E-state index contributed by atoms with van der Waals surface area (Å²) in [6.07, 6.45) is 0.539. The van der Waals surface area contributed by atoms with Crippen LogP contribution in [0, 0.1) is 3.57 Å². The van der Waals surface area contributed by atoms with Crippen molar-refractivity contribution in [1.29, 1.82) is 0 Å². The van der Waals surface area contributed by atoms with Gasteiger partial charge in [0.2, 0.25) is 11.8 Å². The van der Waals surface area contributed by atoms with Crippen LogP contribution in [0.25, 0.3) is 0 Å². The van der Waals surface area contributed by atoms with Gasteiger partial charge in [0.1, 0.15) is 6.04 Å². The molecule has 0 bridgehead atoms. The third kappa shape index (κ3) is 3.44. The number of carbonyl (C=O) groups excluding carboxylic acids is 3. The molecule has 1 fully saturated rings. The molecule has 100 valence electrons. The zero-order valence-electron chi connectivity index (χ0n) is 9.70. The number of rotatable bonds is 2. The van der Waals surface area contributed by atoms with Crippen molar-refractivity contribution in [3.63, 3.8) is 0 Å². The van der Waals surface area contributed by atoms with Gasteiger partial charge >= 0.3 is 0 Å². The summed E-state index contributed by atoms with van der Waals surface area (Å²) in [5.41, 5.74) is 0.415. The second-order valence-electron chi connectivity index (χ2n) is 4.10. The van der Waals surface area contributed by atoms with Crippen LogP contribution in [0.1, 0.15) is 23.2 Å². The largest absolute Gasteiger partial charge is 0.340 e. The van der Waals surface area contributed by atoms with Crippen LogP contribution in [0.5, 0.6) is 0 Å². The zero-order valence-corrected chi connectivity index (χ0v) is 12.6. The average molecular weight is 393 g/mol. The summed E-state index contributed by atoms with van der Waals surface area (Å²) in [4.78, 5) is 34.6. The molecule has 0 aromatic heterocycles. The van der Waals surface area contributed by atoms with Gasteiger partial charge in [0.15, 0.2) is 0 Å². The van der Waals surface area contributed by atoms with Gasteiger partial charge < -0.3 is 5.32 Å². The molecular formula is C12H10ClIN2O3. The number of amides is 3. The third-order valence-corrected chi connectivity index (χ3v) is 3.89. The van der Waals surface area contributed by atoms with E-state index in [-0.39, 0.29) is 18.2 Å². The predicted molar refractivity (Wildman–Crippen MR) is 77.8 cm³/mol. The molecule has 0 aliphatic carbocycles. The molecule has 1 heterocycles. The lowest BCUT2D eigenvalue weighted by Gasteiger charge is -2.22. The van der Waals surface area contributed by atoms with E-state index >= 15 is 0 Å². The summed E-state index contributed by atoms with van der Waals surface area (Å²) in [7, 11) is 0. The highest BCUT2D eigenvalue weighted by atomic mass is 127. The smallest absolute Gasteiger partial charge is 0.253 e. The first kappa shape index (κ1) is 14.3. The van der Waals surface area contributed by atoms with E-state index < -0.39 is 11.9 Å². The molecule has 1 atom stereocenters. The minimum Gasteiger partial charge on any atom is -0.340 e. The molecule has 0 saturated carbocycles. The van der Waals surface area contributed by atoms with Crippen molar-refractivity contribution in [2.45, 2.75) is 18.9 Å². The first-order chi connectivity index (χ1) is 8.97. The van der Waals surface area contributed by atoms with E-state index in [0.29, 0.717) is 17.0 Å². The van der Waals surface area contributed by atoms with Crippen LogP contribution < -0.4 is 10.6 Å². The maximum atomic E-state index is 12.1. The van der Waals surface area contributed by atoms with Gasteiger partial charge in [0.25, 0.3) is 5.91 Å². The van der Waals surface area contributed by atoms with E-state index in [4.69, 9.17) is 11.6 Å². The summed E-state index contributed by atoms with van der Waals surface area (Å²) in [6, 6.07) is 4.28. The second-order valence-corrected chi connectivity index (χ2v) is 5.70. The van der Waals surface area contributed by atoms with E-state index in [1.165, 1.54) is 0 Å². The Morgan fingerprint density at radius 3 is 2.84 bits per heavy atom. The maximum absolute atomic E-state index is 12.1. The number of piperidine rings is 1. The summed E-state index contributed by atoms with van der Waals surface area (Å²) in [6.45, 7) is 0. The first-order valence-electron chi connectivity index (χ1n) is 5.57. The first-order valence-corrected chi connectivity index (χ1v) is 7.02. The molecule has 2 N–H and O–H groups in total. The van der Waals surface area contributed by atoms with Crippen LogP contribution in [-0.2, 0) is 9.59 Å². The van der Waals surface area contributed by atoms with Crippen molar-refractivity contribution in [3.05, 3.63) is 32.4 Å². The zero-order chi connectivity index (χ0) is 14.0. The fraction of sp³-hybridized carbons (Fsp3) is 0.250. The molecule has 1 saturated heterocycles. The molecule has 2 rings (SSSR count). The number of hydrogen-bond acceptors (Lipinski definition) is 3.